The van der Waals surface area contributed by atoms with E-state index in [1.807, 2.05) is 0 Å². The second-order valence-corrected chi connectivity index (χ2v) is 5.38. The van der Waals surface area contributed by atoms with E-state index < -0.39 is 0 Å². The van der Waals surface area contributed by atoms with E-state index in [4.69, 9.17) is 0 Å². The Labute approximate surface area is 83.1 Å². The molecule has 0 heterocycles. The van der Waals surface area contributed by atoms with Gasteiger partial charge in [0.25, 0.3) is 0 Å². The van der Waals surface area contributed by atoms with Crippen LogP contribution in [0.3, 0.4) is 0 Å². The van der Waals surface area contributed by atoms with Gasteiger partial charge in [-0.15, -0.1) is 0 Å². The Balaban J connectivity index is 1.71. The van der Waals surface area contributed by atoms with Crippen LogP contribution in [0.4, 0.5) is 0 Å². The zero-order valence-corrected chi connectivity index (χ0v) is 9.26. The Morgan fingerprint density at radius 3 is 2.69 bits per heavy atom. The van der Waals surface area contributed by atoms with Gasteiger partial charge in [0, 0.05) is 0 Å². The average Bonchev–Trinajstić information content (AvgIpc) is 2.35. The number of unbranched alkanes of at least 4 members (excludes halogenated alkanes) is 2. The molecular weight excluding hydrogens is 156 g/mol. The van der Waals surface area contributed by atoms with Crippen molar-refractivity contribution in [2.45, 2.75) is 58.8 Å². The summed E-state index contributed by atoms with van der Waals surface area (Å²) < 4.78 is 0. The molecule has 0 heteroatoms. The van der Waals surface area contributed by atoms with Crippen molar-refractivity contribution in [1.29, 1.82) is 0 Å². The van der Waals surface area contributed by atoms with E-state index in [-0.39, 0.29) is 0 Å². The van der Waals surface area contributed by atoms with Gasteiger partial charge in [-0.3, -0.25) is 0 Å². The zero-order chi connectivity index (χ0) is 9.26. The van der Waals surface area contributed by atoms with Crippen molar-refractivity contribution in [2.24, 2.45) is 23.7 Å². The van der Waals surface area contributed by atoms with E-state index in [9.17, 15) is 0 Å². The maximum absolute atomic E-state index is 2.48. The fourth-order valence-corrected chi connectivity index (χ4v) is 3.77. The molecule has 2 fully saturated rings. The third kappa shape index (κ3) is 1.78. The van der Waals surface area contributed by atoms with Crippen molar-refractivity contribution < 1.29 is 0 Å². The molecule has 2 rings (SSSR count). The molecule has 0 amide bonds. The molecule has 0 aromatic heterocycles. The molecule has 4 unspecified atom stereocenters. The van der Waals surface area contributed by atoms with E-state index >= 15 is 0 Å². The van der Waals surface area contributed by atoms with Gasteiger partial charge in [0.1, 0.15) is 0 Å². The highest BCUT2D eigenvalue weighted by Gasteiger charge is 2.46. The van der Waals surface area contributed by atoms with Crippen LogP contribution in [-0.2, 0) is 0 Å². The maximum Gasteiger partial charge on any atom is -0.0331 e. The lowest BCUT2D eigenvalue weighted by Gasteiger charge is -2.43. The predicted molar refractivity (Wildman–Crippen MR) is 57.6 cm³/mol. The topological polar surface area (TPSA) is 0 Å². The molecule has 0 bridgehead atoms. The van der Waals surface area contributed by atoms with Crippen molar-refractivity contribution >= 4 is 0 Å². The summed E-state index contributed by atoms with van der Waals surface area (Å²) in [4.78, 5) is 0. The highest BCUT2D eigenvalue weighted by atomic mass is 14.5. The van der Waals surface area contributed by atoms with Crippen LogP contribution in [0, 0.1) is 23.7 Å². The molecule has 0 aromatic rings. The number of fused-ring (bicyclic) bond motifs is 1. The molecular formula is C13H24. The van der Waals surface area contributed by atoms with Crippen LogP contribution in [0.5, 0.6) is 0 Å². The van der Waals surface area contributed by atoms with Gasteiger partial charge in [0.05, 0.1) is 0 Å². The summed E-state index contributed by atoms with van der Waals surface area (Å²) in [5.74, 6) is 4.50. The van der Waals surface area contributed by atoms with Crippen LogP contribution >= 0.6 is 0 Å². The van der Waals surface area contributed by atoms with Crippen LogP contribution in [0.15, 0.2) is 0 Å². The lowest BCUT2D eigenvalue weighted by molar-refractivity contribution is 0.0643. The molecule has 4 atom stereocenters. The molecule has 0 nitrogen and oxygen atoms in total. The van der Waals surface area contributed by atoms with E-state index in [0.717, 1.165) is 23.7 Å². The number of hydrogen-bond donors (Lipinski definition) is 0. The van der Waals surface area contributed by atoms with E-state index in [0.29, 0.717) is 0 Å². The van der Waals surface area contributed by atoms with Gasteiger partial charge < -0.3 is 0 Å². The van der Waals surface area contributed by atoms with Gasteiger partial charge in [0.15, 0.2) is 0 Å². The van der Waals surface area contributed by atoms with E-state index in [1.54, 1.807) is 19.3 Å². The largest absolute Gasteiger partial charge is 0.0654 e. The lowest BCUT2D eigenvalue weighted by atomic mass is 9.62. The highest BCUT2D eigenvalue weighted by Crippen LogP contribution is 2.55. The summed E-state index contributed by atoms with van der Waals surface area (Å²) in [7, 11) is 0. The molecule has 0 aliphatic heterocycles. The Morgan fingerprint density at radius 1 is 1.15 bits per heavy atom. The van der Waals surface area contributed by atoms with Crippen molar-refractivity contribution in [3.63, 3.8) is 0 Å². The Bertz CT molecular complexity index is 155. The van der Waals surface area contributed by atoms with Gasteiger partial charge in [-0.25, -0.2) is 0 Å². The van der Waals surface area contributed by atoms with Crippen molar-refractivity contribution in [1.82, 2.24) is 0 Å². The van der Waals surface area contributed by atoms with Crippen molar-refractivity contribution in [2.75, 3.05) is 0 Å². The first-order chi connectivity index (χ1) is 6.33. The smallest absolute Gasteiger partial charge is 0.0331 e. The minimum atomic E-state index is 1.06. The monoisotopic (exact) mass is 180 g/mol. The highest BCUT2D eigenvalue weighted by molar-refractivity contribution is 4.96. The quantitative estimate of drug-likeness (QED) is 0.567. The molecule has 0 aromatic carbocycles. The van der Waals surface area contributed by atoms with E-state index in [1.165, 1.54) is 25.7 Å². The normalized spacial score (nSPS) is 42.9. The molecule has 0 radical (unpaired) electrons. The molecule has 0 N–H and O–H groups in total. The summed E-state index contributed by atoms with van der Waals surface area (Å²) in [5, 5.41) is 0. The van der Waals surface area contributed by atoms with Gasteiger partial charge >= 0.3 is 0 Å². The molecule has 2 aliphatic carbocycles. The Hall–Kier alpha value is 0. The van der Waals surface area contributed by atoms with Gasteiger partial charge in [0.2, 0.25) is 0 Å². The van der Waals surface area contributed by atoms with Crippen LogP contribution in [0.25, 0.3) is 0 Å². The SMILES string of the molecule is CCCCCC1CC2CCC(C)C12. The molecule has 13 heavy (non-hydrogen) atoms. The summed E-state index contributed by atoms with van der Waals surface area (Å²) in [6.07, 6.45) is 10.5. The van der Waals surface area contributed by atoms with Crippen LogP contribution in [0.2, 0.25) is 0 Å². The Kier molecular flexibility index (Phi) is 2.96. The first-order valence-corrected chi connectivity index (χ1v) is 6.33. The van der Waals surface area contributed by atoms with E-state index in [2.05, 4.69) is 13.8 Å². The minimum absolute atomic E-state index is 1.06. The average molecular weight is 180 g/mol. The first-order valence-electron chi connectivity index (χ1n) is 6.33. The van der Waals surface area contributed by atoms with Gasteiger partial charge in [-0.2, -0.15) is 0 Å². The Morgan fingerprint density at radius 2 is 2.00 bits per heavy atom. The molecule has 0 spiro atoms. The second-order valence-electron chi connectivity index (χ2n) is 5.38. The fraction of sp³-hybridized carbons (Fsp3) is 1.00. The lowest BCUT2D eigenvalue weighted by Crippen LogP contribution is -2.35. The first kappa shape index (κ1) is 9.55. The number of hydrogen-bond acceptors (Lipinski definition) is 0. The van der Waals surface area contributed by atoms with Crippen LogP contribution in [-0.4, -0.2) is 0 Å². The summed E-state index contributed by atoms with van der Waals surface area (Å²) >= 11 is 0. The van der Waals surface area contributed by atoms with Crippen molar-refractivity contribution in [3.8, 4) is 0 Å². The zero-order valence-electron chi connectivity index (χ0n) is 9.26. The summed E-state index contributed by atoms with van der Waals surface area (Å²) in [6.45, 7) is 4.79. The number of rotatable bonds is 4. The van der Waals surface area contributed by atoms with Gasteiger partial charge in [-0.1, -0.05) is 46.0 Å². The molecule has 2 saturated carbocycles. The van der Waals surface area contributed by atoms with Crippen LogP contribution < -0.4 is 0 Å². The molecule has 76 valence electrons. The summed E-state index contributed by atoms with van der Waals surface area (Å²) in [5.41, 5.74) is 0. The van der Waals surface area contributed by atoms with Crippen molar-refractivity contribution in [3.05, 3.63) is 0 Å². The molecule has 2 aliphatic rings. The fourth-order valence-electron chi connectivity index (χ4n) is 3.77. The predicted octanol–water partition coefficient (Wildman–Crippen LogP) is 4.25. The minimum Gasteiger partial charge on any atom is -0.0654 e. The standard InChI is InChI=1S/C13H24/c1-3-4-5-6-11-9-12-8-7-10(2)13(11)12/h10-13H,3-9H2,1-2H3. The second kappa shape index (κ2) is 4.02. The third-order valence-electron chi connectivity index (χ3n) is 4.52. The van der Waals surface area contributed by atoms with Crippen LogP contribution in [0.1, 0.15) is 58.8 Å². The summed E-state index contributed by atoms with van der Waals surface area (Å²) in [6, 6.07) is 0. The molecule has 0 saturated heterocycles. The maximum atomic E-state index is 2.48. The third-order valence-corrected chi connectivity index (χ3v) is 4.52. The van der Waals surface area contributed by atoms with Gasteiger partial charge in [-0.05, 0) is 36.5 Å².